The summed E-state index contributed by atoms with van der Waals surface area (Å²) >= 11 is 3.13. The lowest BCUT2D eigenvalue weighted by Gasteiger charge is -2.38. The molecule has 7 heteroatoms. The van der Waals surface area contributed by atoms with Gasteiger partial charge in [-0.2, -0.15) is 11.3 Å². The zero-order chi connectivity index (χ0) is 17.8. The van der Waals surface area contributed by atoms with Crippen LogP contribution in [0.3, 0.4) is 0 Å². The number of nitrogens with zero attached hydrogens (tertiary/aromatic N) is 2. The second kappa shape index (κ2) is 8.10. The number of thiophene rings is 1. The number of hydrogen-bond donors (Lipinski definition) is 0. The van der Waals surface area contributed by atoms with Crippen LogP contribution in [0.1, 0.15) is 38.8 Å². The molecule has 0 aromatic carbocycles. The second-order valence-electron chi connectivity index (χ2n) is 6.42. The number of carbonyl (C=O) groups excluding carboxylic acids is 2. The largest absolute Gasteiger partial charge is 0.455 e. The molecule has 2 aromatic rings. The Bertz CT molecular complexity index is 717. The van der Waals surface area contributed by atoms with Crippen molar-refractivity contribution in [2.45, 2.75) is 51.6 Å². The molecule has 1 amide bonds. The van der Waals surface area contributed by atoms with E-state index in [1.54, 1.807) is 11.3 Å². The van der Waals surface area contributed by atoms with Crippen molar-refractivity contribution < 1.29 is 14.3 Å². The van der Waals surface area contributed by atoms with Crippen molar-refractivity contribution in [3.8, 4) is 10.6 Å². The van der Waals surface area contributed by atoms with Crippen LogP contribution in [0.15, 0.2) is 22.2 Å². The summed E-state index contributed by atoms with van der Waals surface area (Å²) in [5.74, 6) is -0.516. The lowest BCUT2D eigenvalue weighted by atomic mass is 9.97. The van der Waals surface area contributed by atoms with Gasteiger partial charge in [-0.3, -0.25) is 9.59 Å². The van der Waals surface area contributed by atoms with Gasteiger partial charge < -0.3 is 9.64 Å². The first kappa shape index (κ1) is 18.1. The van der Waals surface area contributed by atoms with Crippen LogP contribution in [0.4, 0.5) is 0 Å². The van der Waals surface area contributed by atoms with E-state index < -0.39 is 5.97 Å². The van der Waals surface area contributed by atoms with E-state index >= 15 is 0 Å². The lowest BCUT2D eigenvalue weighted by Crippen LogP contribution is -2.49. The smallest absolute Gasteiger partial charge is 0.312 e. The molecule has 1 aliphatic heterocycles. The number of rotatable bonds is 5. The number of piperidine rings is 1. The maximum atomic E-state index is 12.4. The summed E-state index contributed by atoms with van der Waals surface area (Å²) in [6.07, 6.45) is 3.25. The van der Waals surface area contributed by atoms with Gasteiger partial charge in [-0.1, -0.05) is 0 Å². The molecule has 2 aromatic heterocycles. The van der Waals surface area contributed by atoms with Gasteiger partial charge in [0.25, 0.3) is 5.91 Å². The molecule has 1 aliphatic rings. The van der Waals surface area contributed by atoms with E-state index in [1.165, 1.54) is 11.3 Å². The summed E-state index contributed by atoms with van der Waals surface area (Å²) < 4.78 is 5.19. The van der Waals surface area contributed by atoms with E-state index in [-0.39, 0.29) is 31.0 Å². The van der Waals surface area contributed by atoms with Gasteiger partial charge in [0.1, 0.15) is 5.01 Å². The number of thiazole rings is 1. The minimum Gasteiger partial charge on any atom is -0.455 e. The van der Waals surface area contributed by atoms with Gasteiger partial charge in [-0.25, -0.2) is 4.98 Å². The molecule has 1 fully saturated rings. The molecule has 3 rings (SSSR count). The molecule has 3 heterocycles. The third kappa shape index (κ3) is 4.46. The number of carbonyl (C=O) groups is 2. The first-order chi connectivity index (χ1) is 12.0. The van der Waals surface area contributed by atoms with Crippen molar-refractivity contribution >= 4 is 34.6 Å². The zero-order valence-corrected chi connectivity index (χ0v) is 16.1. The van der Waals surface area contributed by atoms with Crippen molar-refractivity contribution in [1.29, 1.82) is 0 Å². The molecule has 134 valence electrons. The number of ether oxygens (including phenoxy) is 1. The Morgan fingerprint density at radius 2 is 2.04 bits per heavy atom. The molecule has 0 radical (unpaired) electrons. The third-order valence-corrected chi connectivity index (χ3v) is 6.11. The van der Waals surface area contributed by atoms with Gasteiger partial charge in [0, 0.05) is 28.4 Å². The highest BCUT2D eigenvalue weighted by Crippen LogP contribution is 2.26. The number of esters is 1. The minimum absolute atomic E-state index is 0.0963. The summed E-state index contributed by atoms with van der Waals surface area (Å²) in [6, 6.07) is 2.42. The monoisotopic (exact) mass is 378 g/mol. The van der Waals surface area contributed by atoms with E-state index in [0.717, 1.165) is 29.8 Å². The fourth-order valence-electron chi connectivity index (χ4n) is 3.24. The molecule has 0 saturated carbocycles. The minimum atomic E-state index is -0.409. The van der Waals surface area contributed by atoms with E-state index in [2.05, 4.69) is 18.8 Å². The molecule has 25 heavy (non-hydrogen) atoms. The first-order valence-corrected chi connectivity index (χ1v) is 10.3. The molecule has 0 bridgehead atoms. The van der Waals surface area contributed by atoms with Crippen molar-refractivity contribution in [1.82, 2.24) is 9.88 Å². The quantitative estimate of drug-likeness (QED) is 0.744. The zero-order valence-electron chi connectivity index (χ0n) is 14.4. The van der Waals surface area contributed by atoms with E-state index in [9.17, 15) is 9.59 Å². The number of hydrogen-bond acceptors (Lipinski definition) is 6. The Labute approximate surface area is 155 Å². The highest BCUT2D eigenvalue weighted by Gasteiger charge is 2.29. The molecule has 1 saturated heterocycles. The molecular weight excluding hydrogens is 356 g/mol. The summed E-state index contributed by atoms with van der Waals surface area (Å²) in [5.41, 5.74) is 1.75. The van der Waals surface area contributed by atoms with Crippen LogP contribution in [-0.4, -0.2) is 40.5 Å². The Balaban J connectivity index is 1.50. The average molecular weight is 379 g/mol. The maximum Gasteiger partial charge on any atom is 0.312 e. The van der Waals surface area contributed by atoms with Crippen LogP contribution in [0.2, 0.25) is 0 Å². The number of aromatic nitrogens is 1. The van der Waals surface area contributed by atoms with Crippen molar-refractivity contribution in [2.24, 2.45) is 0 Å². The van der Waals surface area contributed by atoms with Crippen molar-refractivity contribution in [2.75, 3.05) is 6.61 Å². The van der Waals surface area contributed by atoms with Gasteiger partial charge in [0.15, 0.2) is 6.61 Å². The molecule has 2 atom stereocenters. The molecule has 5 nitrogen and oxygen atoms in total. The van der Waals surface area contributed by atoms with Gasteiger partial charge in [-0.05, 0) is 44.6 Å². The van der Waals surface area contributed by atoms with Crippen LogP contribution in [0.5, 0.6) is 0 Å². The molecule has 0 aliphatic carbocycles. The highest BCUT2D eigenvalue weighted by molar-refractivity contribution is 7.14. The maximum absolute atomic E-state index is 12.4. The van der Waals surface area contributed by atoms with E-state index in [0.29, 0.717) is 5.69 Å². The van der Waals surface area contributed by atoms with Crippen molar-refractivity contribution in [3.63, 3.8) is 0 Å². The topological polar surface area (TPSA) is 59.5 Å². The van der Waals surface area contributed by atoms with Crippen molar-refractivity contribution in [3.05, 3.63) is 27.9 Å². The lowest BCUT2D eigenvalue weighted by molar-refractivity contribution is -0.154. The van der Waals surface area contributed by atoms with Gasteiger partial charge >= 0.3 is 5.97 Å². The molecular formula is C18H22N2O3S2. The van der Waals surface area contributed by atoms with Gasteiger partial charge in [-0.15, -0.1) is 11.3 Å². The van der Waals surface area contributed by atoms with Gasteiger partial charge in [0.05, 0.1) is 12.1 Å². The Morgan fingerprint density at radius 3 is 2.72 bits per heavy atom. The van der Waals surface area contributed by atoms with Crippen LogP contribution in [-0.2, 0) is 20.7 Å². The summed E-state index contributed by atoms with van der Waals surface area (Å²) in [4.78, 5) is 30.7. The molecule has 0 unspecified atom stereocenters. The van der Waals surface area contributed by atoms with Crippen LogP contribution in [0.25, 0.3) is 10.6 Å². The van der Waals surface area contributed by atoms with Crippen LogP contribution < -0.4 is 0 Å². The standard InChI is InChI=1S/C18H22N2O3S2/c1-12-4-3-5-13(2)20(12)16(21)9-23-17(22)8-15-11-25-18(19-15)14-6-7-24-10-14/h6-7,10-13H,3-5,8-9H2,1-2H3/t12-,13-/m1/s1. The average Bonchev–Trinajstić information content (AvgIpc) is 3.24. The Morgan fingerprint density at radius 1 is 1.28 bits per heavy atom. The molecule has 0 N–H and O–H groups in total. The first-order valence-electron chi connectivity index (χ1n) is 8.48. The van der Waals surface area contributed by atoms with Crippen LogP contribution in [0, 0.1) is 0 Å². The summed E-state index contributed by atoms with van der Waals surface area (Å²) in [6.45, 7) is 3.92. The fourth-order valence-corrected chi connectivity index (χ4v) is 4.77. The Kier molecular flexibility index (Phi) is 5.86. The van der Waals surface area contributed by atoms with E-state index in [4.69, 9.17) is 4.74 Å². The fraction of sp³-hybridized carbons (Fsp3) is 0.500. The Hall–Kier alpha value is -1.73. The third-order valence-electron chi connectivity index (χ3n) is 4.48. The van der Waals surface area contributed by atoms with Crippen LogP contribution >= 0.6 is 22.7 Å². The van der Waals surface area contributed by atoms with E-state index in [1.807, 2.05) is 27.1 Å². The summed E-state index contributed by atoms with van der Waals surface area (Å²) in [5, 5.41) is 6.79. The number of amides is 1. The molecule has 0 spiro atoms. The predicted octanol–water partition coefficient (Wildman–Crippen LogP) is 3.75. The number of likely N-dealkylation sites (tertiary alicyclic amines) is 1. The summed E-state index contributed by atoms with van der Waals surface area (Å²) in [7, 11) is 0. The highest BCUT2D eigenvalue weighted by atomic mass is 32.1. The second-order valence-corrected chi connectivity index (χ2v) is 8.06. The predicted molar refractivity (Wildman–Crippen MR) is 99.7 cm³/mol. The normalized spacial score (nSPS) is 20.5. The SMILES string of the molecule is C[C@@H]1CCC[C@@H](C)N1C(=O)COC(=O)Cc1csc(-c2ccsc2)n1. The van der Waals surface area contributed by atoms with Gasteiger partial charge in [0.2, 0.25) is 0 Å².